The number of piperidine rings is 1. The van der Waals surface area contributed by atoms with Crippen molar-refractivity contribution in [3.8, 4) is 0 Å². The number of rotatable bonds is 4. The molecular formula is C12H24N2O. The molecule has 1 aliphatic carbocycles. The molecule has 2 atom stereocenters. The van der Waals surface area contributed by atoms with E-state index in [-0.39, 0.29) is 6.10 Å². The molecule has 0 aromatic heterocycles. The fraction of sp³-hybridized carbons (Fsp3) is 1.00. The molecule has 2 fully saturated rings. The van der Waals surface area contributed by atoms with Crippen molar-refractivity contribution in [2.24, 2.45) is 5.92 Å². The van der Waals surface area contributed by atoms with Crippen LogP contribution in [0.25, 0.3) is 0 Å². The predicted octanol–water partition coefficient (Wildman–Crippen LogP) is 0.783. The molecule has 0 aromatic carbocycles. The lowest BCUT2D eigenvalue weighted by Crippen LogP contribution is -2.47. The van der Waals surface area contributed by atoms with Gasteiger partial charge in [-0.1, -0.05) is 0 Å². The molecule has 1 aliphatic heterocycles. The van der Waals surface area contributed by atoms with Gasteiger partial charge in [-0.15, -0.1) is 0 Å². The molecule has 1 saturated heterocycles. The Balaban J connectivity index is 1.75. The van der Waals surface area contributed by atoms with Crippen LogP contribution in [0.3, 0.4) is 0 Å². The zero-order chi connectivity index (χ0) is 10.8. The summed E-state index contributed by atoms with van der Waals surface area (Å²) in [5.41, 5.74) is 0. The van der Waals surface area contributed by atoms with Crippen molar-refractivity contribution < 1.29 is 5.11 Å². The number of hydrogen-bond acceptors (Lipinski definition) is 3. The molecule has 3 heteroatoms. The standard InChI is InChI=1S/C12H24N2O/c1-13-7-3-4-11(8-13)14(2)9-12(15)10-5-6-10/h10-12,15H,3-9H2,1-2H3. The van der Waals surface area contributed by atoms with Gasteiger partial charge in [0.05, 0.1) is 6.10 Å². The average Bonchev–Trinajstić information content (AvgIpc) is 3.00. The minimum atomic E-state index is -0.0813. The lowest BCUT2D eigenvalue weighted by molar-refractivity contribution is 0.0637. The van der Waals surface area contributed by atoms with Crippen LogP contribution in [-0.4, -0.2) is 60.8 Å². The van der Waals surface area contributed by atoms with E-state index in [1.165, 1.54) is 32.2 Å². The summed E-state index contributed by atoms with van der Waals surface area (Å²) in [5, 5.41) is 9.90. The minimum Gasteiger partial charge on any atom is -0.392 e. The second-order valence-electron chi connectivity index (χ2n) is 5.40. The van der Waals surface area contributed by atoms with Crippen LogP contribution >= 0.6 is 0 Å². The van der Waals surface area contributed by atoms with Crippen LogP contribution in [0, 0.1) is 5.92 Å². The summed E-state index contributed by atoms with van der Waals surface area (Å²) in [7, 11) is 4.35. The molecule has 0 aromatic rings. The molecule has 2 unspecified atom stereocenters. The second kappa shape index (κ2) is 4.81. The monoisotopic (exact) mass is 212 g/mol. The lowest BCUT2D eigenvalue weighted by Gasteiger charge is -2.36. The van der Waals surface area contributed by atoms with E-state index in [1.807, 2.05) is 0 Å². The molecule has 0 bridgehead atoms. The minimum absolute atomic E-state index is 0.0813. The molecule has 88 valence electrons. The van der Waals surface area contributed by atoms with Gasteiger partial charge in [0.2, 0.25) is 0 Å². The van der Waals surface area contributed by atoms with Gasteiger partial charge in [-0.2, -0.15) is 0 Å². The fourth-order valence-electron chi connectivity index (χ4n) is 2.57. The first kappa shape index (κ1) is 11.4. The van der Waals surface area contributed by atoms with Crippen LogP contribution in [0.2, 0.25) is 0 Å². The highest BCUT2D eigenvalue weighted by Crippen LogP contribution is 2.33. The van der Waals surface area contributed by atoms with Crippen LogP contribution < -0.4 is 0 Å². The fourth-order valence-corrected chi connectivity index (χ4v) is 2.57. The maximum absolute atomic E-state index is 9.90. The molecule has 3 nitrogen and oxygen atoms in total. The number of aliphatic hydroxyl groups excluding tert-OH is 1. The summed E-state index contributed by atoms with van der Waals surface area (Å²) in [6.07, 6.45) is 4.98. The van der Waals surface area contributed by atoms with E-state index in [1.54, 1.807) is 0 Å². The summed E-state index contributed by atoms with van der Waals surface area (Å²) in [6, 6.07) is 0.650. The van der Waals surface area contributed by atoms with E-state index in [0.29, 0.717) is 12.0 Å². The lowest BCUT2D eigenvalue weighted by atomic mass is 10.0. The van der Waals surface area contributed by atoms with E-state index < -0.39 is 0 Å². The van der Waals surface area contributed by atoms with E-state index in [4.69, 9.17) is 0 Å². The van der Waals surface area contributed by atoms with Gasteiger partial charge in [0.1, 0.15) is 0 Å². The molecule has 1 N–H and O–H groups in total. The van der Waals surface area contributed by atoms with E-state index in [9.17, 15) is 5.11 Å². The SMILES string of the molecule is CN1CCCC(N(C)CC(O)C2CC2)C1. The van der Waals surface area contributed by atoms with Crippen molar-refractivity contribution in [2.45, 2.75) is 37.8 Å². The molecule has 15 heavy (non-hydrogen) atoms. The first-order chi connectivity index (χ1) is 7.16. The van der Waals surface area contributed by atoms with E-state index >= 15 is 0 Å². The van der Waals surface area contributed by atoms with Gasteiger partial charge in [-0.25, -0.2) is 0 Å². The normalized spacial score (nSPS) is 30.8. The molecule has 2 rings (SSSR count). The predicted molar refractivity (Wildman–Crippen MR) is 61.9 cm³/mol. The van der Waals surface area contributed by atoms with Gasteiger partial charge in [0.15, 0.2) is 0 Å². The van der Waals surface area contributed by atoms with Gasteiger partial charge in [-0.05, 0) is 52.2 Å². The topological polar surface area (TPSA) is 26.7 Å². The zero-order valence-corrected chi connectivity index (χ0v) is 10.0. The number of aliphatic hydroxyl groups is 1. The van der Waals surface area contributed by atoms with Gasteiger partial charge in [-0.3, -0.25) is 4.90 Å². The summed E-state index contributed by atoms with van der Waals surface area (Å²) in [4.78, 5) is 4.76. The zero-order valence-electron chi connectivity index (χ0n) is 10.0. The quantitative estimate of drug-likeness (QED) is 0.746. The van der Waals surface area contributed by atoms with Crippen LogP contribution in [0.15, 0.2) is 0 Å². The Kier molecular flexibility index (Phi) is 3.65. The second-order valence-corrected chi connectivity index (χ2v) is 5.40. The Hall–Kier alpha value is -0.120. The Morgan fingerprint density at radius 3 is 2.73 bits per heavy atom. The summed E-state index contributed by atoms with van der Waals surface area (Å²) in [6.45, 7) is 3.26. The van der Waals surface area contributed by atoms with Crippen molar-refractivity contribution in [2.75, 3.05) is 33.7 Å². The summed E-state index contributed by atoms with van der Waals surface area (Å²) >= 11 is 0. The maximum Gasteiger partial charge on any atom is 0.0695 e. The Morgan fingerprint density at radius 1 is 1.40 bits per heavy atom. The Labute approximate surface area is 93.1 Å². The molecule has 0 amide bonds. The molecule has 0 radical (unpaired) electrons. The third-order valence-corrected chi connectivity index (χ3v) is 3.86. The average molecular weight is 212 g/mol. The van der Waals surface area contributed by atoms with Crippen molar-refractivity contribution in [3.05, 3.63) is 0 Å². The molecule has 1 heterocycles. The van der Waals surface area contributed by atoms with Crippen molar-refractivity contribution >= 4 is 0 Å². The summed E-state index contributed by atoms with van der Waals surface area (Å²) in [5.74, 6) is 0.605. The van der Waals surface area contributed by atoms with Gasteiger partial charge < -0.3 is 10.0 Å². The Bertz CT molecular complexity index is 206. The first-order valence-corrected chi connectivity index (χ1v) is 6.23. The summed E-state index contributed by atoms with van der Waals surface area (Å²) < 4.78 is 0. The molecular weight excluding hydrogens is 188 g/mol. The largest absolute Gasteiger partial charge is 0.392 e. The van der Waals surface area contributed by atoms with Crippen LogP contribution in [0.4, 0.5) is 0 Å². The van der Waals surface area contributed by atoms with Crippen LogP contribution in [0.5, 0.6) is 0 Å². The van der Waals surface area contributed by atoms with Gasteiger partial charge >= 0.3 is 0 Å². The number of nitrogens with zero attached hydrogens (tertiary/aromatic N) is 2. The van der Waals surface area contributed by atoms with Crippen LogP contribution in [0.1, 0.15) is 25.7 Å². The van der Waals surface area contributed by atoms with Crippen molar-refractivity contribution in [1.82, 2.24) is 9.80 Å². The van der Waals surface area contributed by atoms with Crippen LogP contribution in [-0.2, 0) is 0 Å². The molecule has 2 aliphatic rings. The Morgan fingerprint density at radius 2 is 2.13 bits per heavy atom. The van der Waals surface area contributed by atoms with E-state index in [0.717, 1.165) is 13.1 Å². The smallest absolute Gasteiger partial charge is 0.0695 e. The first-order valence-electron chi connectivity index (χ1n) is 6.23. The maximum atomic E-state index is 9.90. The molecule has 0 spiro atoms. The van der Waals surface area contributed by atoms with Crippen molar-refractivity contribution in [3.63, 3.8) is 0 Å². The third kappa shape index (κ3) is 3.16. The van der Waals surface area contributed by atoms with Gasteiger partial charge in [0.25, 0.3) is 0 Å². The third-order valence-electron chi connectivity index (χ3n) is 3.86. The van der Waals surface area contributed by atoms with E-state index in [2.05, 4.69) is 23.9 Å². The highest BCUT2D eigenvalue weighted by molar-refractivity contribution is 4.85. The number of likely N-dealkylation sites (tertiary alicyclic amines) is 1. The highest BCUT2D eigenvalue weighted by Gasteiger charge is 2.32. The number of hydrogen-bond donors (Lipinski definition) is 1. The highest BCUT2D eigenvalue weighted by atomic mass is 16.3. The van der Waals surface area contributed by atoms with Gasteiger partial charge in [0, 0.05) is 19.1 Å². The molecule has 1 saturated carbocycles. The van der Waals surface area contributed by atoms with Crippen molar-refractivity contribution in [1.29, 1.82) is 0 Å². The number of likely N-dealkylation sites (N-methyl/N-ethyl adjacent to an activating group) is 2.